The van der Waals surface area contributed by atoms with Gasteiger partial charge in [-0.05, 0) is 55.0 Å². The number of benzene rings is 3. The van der Waals surface area contributed by atoms with Crippen molar-refractivity contribution in [3.8, 4) is 0 Å². The lowest BCUT2D eigenvalue weighted by molar-refractivity contribution is -0.147. The van der Waals surface area contributed by atoms with Crippen LogP contribution in [0.15, 0.2) is 78.9 Å². The van der Waals surface area contributed by atoms with E-state index < -0.39 is 23.7 Å². The standard InChI is InChI=1S/C33H39N3O4/c1-32(2,3)25-18-16-23(17-19-25)21-36-28-15-11-10-14-26(28)34-29(36)20-27(35-31(38)40-33(4,5)6)30(37)39-22-24-12-8-7-9-13-24/h7-19,27H,20-22H2,1-6H3,(H,35,38)/t27-/m0/s1. The minimum absolute atomic E-state index is 0.0616. The second-order valence-corrected chi connectivity index (χ2v) is 12.0. The number of hydrogen-bond acceptors (Lipinski definition) is 5. The van der Waals surface area contributed by atoms with Gasteiger partial charge in [-0.25, -0.2) is 14.6 Å². The number of hydrogen-bond donors (Lipinski definition) is 1. The summed E-state index contributed by atoms with van der Waals surface area (Å²) >= 11 is 0. The minimum Gasteiger partial charge on any atom is -0.459 e. The summed E-state index contributed by atoms with van der Waals surface area (Å²) in [4.78, 5) is 30.9. The highest BCUT2D eigenvalue weighted by Gasteiger charge is 2.28. The number of ether oxygens (including phenoxy) is 2. The van der Waals surface area contributed by atoms with Crippen molar-refractivity contribution in [1.29, 1.82) is 0 Å². The van der Waals surface area contributed by atoms with Crippen LogP contribution in [-0.4, -0.2) is 33.3 Å². The number of imidazole rings is 1. The Morgan fingerprint density at radius 1 is 0.850 bits per heavy atom. The molecular formula is C33H39N3O4. The van der Waals surface area contributed by atoms with Crippen LogP contribution in [0.1, 0.15) is 64.1 Å². The van der Waals surface area contributed by atoms with Crippen LogP contribution >= 0.6 is 0 Å². The van der Waals surface area contributed by atoms with E-state index in [1.165, 1.54) is 5.56 Å². The number of esters is 1. The Labute approximate surface area is 236 Å². The number of nitrogens with zero attached hydrogens (tertiary/aromatic N) is 2. The van der Waals surface area contributed by atoms with Crippen LogP contribution in [0.2, 0.25) is 0 Å². The Morgan fingerprint density at radius 2 is 1.50 bits per heavy atom. The van der Waals surface area contributed by atoms with Crippen LogP contribution in [0.5, 0.6) is 0 Å². The SMILES string of the molecule is CC(C)(C)OC(=O)N[C@@H](Cc1nc2ccccc2n1Cc1ccc(C(C)(C)C)cc1)C(=O)OCc1ccccc1. The zero-order chi connectivity index (χ0) is 28.9. The lowest BCUT2D eigenvalue weighted by Crippen LogP contribution is -2.45. The van der Waals surface area contributed by atoms with Gasteiger partial charge in [0.15, 0.2) is 0 Å². The molecule has 0 radical (unpaired) electrons. The third-order valence-electron chi connectivity index (χ3n) is 6.48. The first-order valence-electron chi connectivity index (χ1n) is 13.6. The van der Waals surface area contributed by atoms with E-state index in [0.717, 1.165) is 22.2 Å². The van der Waals surface area contributed by atoms with Crippen LogP contribution in [-0.2, 0) is 39.3 Å². The van der Waals surface area contributed by atoms with Gasteiger partial charge < -0.3 is 19.4 Å². The summed E-state index contributed by atoms with van der Waals surface area (Å²) in [5, 5.41) is 2.73. The van der Waals surface area contributed by atoms with Crippen molar-refractivity contribution in [2.75, 3.05) is 0 Å². The average molecular weight is 542 g/mol. The molecule has 0 saturated heterocycles. The molecule has 0 aliphatic carbocycles. The second kappa shape index (κ2) is 11.9. The second-order valence-electron chi connectivity index (χ2n) is 12.0. The Balaban J connectivity index is 1.62. The predicted octanol–water partition coefficient (Wildman–Crippen LogP) is 6.56. The molecule has 1 atom stereocenters. The molecule has 1 aromatic heterocycles. The lowest BCUT2D eigenvalue weighted by Gasteiger charge is -2.23. The van der Waals surface area contributed by atoms with E-state index in [0.29, 0.717) is 12.4 Å². The number of nitrogens with one attached hydrogen (secondary N) is 1. The van der Waals surface area contributed by atoms with Gasteiger partial charge in [-0.3, -0.25) is 0 Å². The normalized spacial score (nSPS) is 12.7. The van der Waals surface area contributed by atoms with Crippen LogP contribution in [0.25, 0.3) is 11.0 Å². The largest absolute Gasteiger partial charge is 0.459 e. The van der Waals surface area contributed by atoms with Crippen LogP contribution in [0.3, 0.4) is 0 Å². The Morgan fingerprint density at radius 3 is 2.15 bits per heavy atom. The zero-order valence-corrected chi connectivity index (χ0v) is 24.2. The number of carbonyl (C=O) groups is 2. The molecule has 0 aliphatic rings. The van der Waals surface area contributed by atoms with Crippen LogP contribution in [0, 0.1) is 0 Å². The summed E-state index contributed by atoms with van der Waals surface area (Å²) in [5.74, 6) is 0.113. The van der Waals surface area contributed by atoms with Gasteiger partial charge in [-0.15, -0.1) is 0 Å². The first-order valence-corrected chi connectivity index (χ1v) is 13.6. The highest BCUT2D eigenvalue weighted by atomic mass is 16.6. The number of amides is 1. The minimum atomic E-state index is -0.989. The topological polar surface area (TPSA) is 82.5 Å². The highest BCUT2D eigenvalue weighted by molar-refractivity contribution is 5.82. The average Bonchev–Trinajstić information content (AvgIpc) is 3.23. The third kappa shape index (κ3) is 7.72. The molecule has 210 valence electrons. The summed E-state index contributed by atoms with van der Waals surface area (Å²) in [6.45, 7) is 12.6. The molecule has 1 amide bonds. The Bertz CT molecular complexity index is 1450. The molecule has 4 aromatic rings. The summed E-state index contributed by atoms with van der Waals surface area (Å²) in [5.41, 5.74) is 4.35. The van der Waals surface area contributed by atoms with Gasteiger partial charge in [0.25, 0.3) is 0 Å². The van der Waals surface area contributed by atoms with E-state index >= 15 is 0 Å². The molecule has 40 heavy (non-hydrogen) atoms. The van der Waals surface area contributed by atoms with Crippen molar-refractivity contribution in [3.63, 3.8) is 0 Å². The smallest absolute Gasteiger partial charge is 0.408 e. The van der Waals surface area contributed by atoms with Gasteiger partial charge in [-0.1, -0.05) is 87.5 Å². The summed E-state index contributed by atoms with van der Waals surface area (Å²) < 4.78 is 13.2. The van der Waals surface area contributed by atoms with Gasteiger partial charge in [0.2, 0.25) is 0 Å². The highest BCUT2D eigenvalue weighted by Crippen LogP contribution is 2.24. The van der Waals surface area contributed by atoms with E-state index in [4.69, 9.17) is 14.5 Å². The fourth-order valence-electron chi connectivity index (χ4n) is 4.41. The van der Waals surface area contributed by atoms with Crippen molar-refractivity contribution >= 4 is 23.1 Å². The number of para-hydroxylation sites is 2. The molecule has 0 aliphatic heterocycles. The Hall–Kier alpha value is -4.13. The first kappa shape index (κ1) is 28.9. The van der Waals surface area contributed by atoms with Gasteiger partial charge in [0.05, 0.1) is 11.0 Å². The summed E-state index contributed by atoms with van der Waals surface area (Å²) in [6.07, 6.45) is -0.545. The van der Waals surface area contributed by atoms with E-state index in [1.54, 1.807) is 20.8 Å². The maximum atomic E-state index is 13.3. The molecule has 7 nitrogen and oxygen atoms in total. The van der Waals surface area contributed by atoms with Crippen molar-refractivity contribution in [2.24, 2.45) is 0 Å². The van der Waals surface area contributed by atoms with Gasteiger partial charge >= 0.3 is 12.1 Å². The van der Waals surface area contributed by atoms with Crippen LogP contribution < -0.4 is 5.32 Å². The molecule has 3 aromatic carbocycles. The molecule has 1 heterocycles. The molecule has 0 saturated carbocycles. The van der Waals surface area contributed by atoms with E-state index in [1.807, 2.05) is 54.6 Å². The molecule has 1 N–H and O–H groups in total. The summed E-state index contributed by atoms with van der Waals surface area (Å²) in [6, 6.07) is 24.9. The van der Waals surface area contributed by atoms with E-state index in [9.17, 15) is 9.59 Å². The number of carbonyl (C=O) groups excluding carboxylic acids is 2. The monoisotopic (exact) mass is 541 g/mol. The molecule has 0 bridgehead atoms. The predicted molar refractivity (Wildman–Crippen MR) is 157 cm³/mol. The molecular weight excluding hydrogens is 502 g/mol. The van der Waals surface area contributed by atoms with E-state index in [2.05, 4.69) is 54.9 Å². The van der Waals surface area contributed by atoms with Crippen molar-refractivity contribution in [1.82, 2.24) is 14.9 Å². The quantitative estimate of drug-likeness (QED) is 0.256. The maximum absolute atomic E-state index is 13.3. The number of fused-ring (bicyclic) bond motifs is 1. The summed E-state index contributed by atoms with van der Waals surface area (Å²) in [7, 11) is 0. The molecule has 0 unspecified atom stereocenters. The van der Waals surface area contributed by atoms with Crippen LogP contribution in [0.4, 0.5) is 4.79 Å². The first-order chi connectivity index (χ1) is 18.9. The molecule has 4 rings (SSSR count). The maximum Gasteiger partial charge on any atom is 0.408 e. The molecule has 7 heteroatoms. The fraction of sp³-hybridized carbons (Fsp3) is 0.364. The third-order valence-corrected chi connectivity index (χ3v) is 6.48. The van der Waals surface area contributed by atoms with Crippen molar-refractivity contribution < 1.29 is 19.1 Å². The van der Waals surface area contributed by atoms with Crippen molar-refractivity contribution in [3.05, 3.63) is 101 Å². The van der Waals surface area contributed by atoms with Gasteiger partial charge in [0.1, 0.15) is 24.1 Å². The van der Waals surface area contributed by atoms with Gasteiger partial charge in [-0.2, -0.15) is 0 Å². The molecule has 0 spiro atoms. The number of rotatable bonds is 8. The van der Waals surface area contributed by atoms with E-state index in [-0.39, 0.29) is 18.4 Å². The lowest BCUT2D eigenvalue weighted by atomic mass is 9.87. The molecule has 0 fully saturated rings. The number of alkyl carbamates (subject to hydrolysis) is 1. The fourth-order valence-corrected chi connectivity index (χ4v) is 4.41. The number of aromatic nitrogens is 2. The Kier molecular flexibility index (Phi) is 8.62. The van der Waals surface area contributed by atoms with Gasteiger partial charge in [0, 0.05) is 13.0 Å². The van der Waals surface area contributed by atoms with Crippen molar-refractivity contribution in [2.45, 2.75) is 78.2 Å². The zero-order valence-electron chi connectivity index (χ0n) is 24.2.